The Balaban J connectivity index is 2.11. The lowest BCUT2D eigenvalue weighted by molar-refractivity contribution is 0.0878. The number of hydrogen-bond acceptors (Lipinski definition) is 2. The van der Waals surface area contributed by atoms with Crippen molar-refractivity contribution in [3.63, 3.8) is 0 Å². The molecule has 0 aromatic rings. The fraction of sp³-hybridized carbons (Fsp3) is 1.00. The Hall–Kier alpha value is -0.0800. The Morgan fingerprint density at radius 2 is 2.33 bits per heavy atom. The van der Waals surface area contributed by atoms with Crippen LogP contribution in [-0.2, 0) is 4.74 Å². The molecule has 0 bridgehead atoms. The zero-order valence-electron chi connectivity index (χ0n) is 6.26. The molecule has 1 aliphatic rings. The lowest BCUT2D eigenvalue weighted by Gasteiger charge is -2.14. The molecule has 54 valence electrons. The monoisotopic (exact) mass is 129 g/mol. The van der Waals surface area contributed by atoms with Gasteiger partial charge in [0.25, 0.3) is 0 Å². The van der Waals surface area contributed by atoms with E-state index in [-0.39, 0.29) is 0 Å². The van der Waals surface area contributed by atoms with E-state index in [1.165, 1.54) is 12.8 Å². The van der Waals surface area contributed by atoms with Gasteiger partial charge in [0.2, 0.25) is 0 Å². The van der Waals surface area contributed by atoms with Gasteiger partial charge < -0.3 is 9.64 Å². The van der Waals surface area contributed by atoms with Gasteiger partial charge in [-0.25, -0.2) is 0 Å². The van der Waals surface area contributed by atoms with Gasteiger partial charge in [0.15, 0.2) is 0 Å². The second kappa shape index (κ2) is 3.18. The lowest BCUT2D eigenvalue weighted by atomic mass is 10.2. The van der Waals surface area contributed by atoms with Crippen molar-refractivity contribution in [3.8, 4) is 0 Å². The molecule has 9 heavy (non-hydrogen) atoms. The summed E-state index contributed by atoms with van der Waals surface area (Å²) in [6.07, 6.45) is 3.01. The SMILES string of the molecule is CN(C)C[C@H]1CCCO1. The third-order valence-corrected chi connectivity index (χ3v) is 1.59. The third kappa shape index (κ3) is 2.33. The van der Waals surface area contributed by atoms with Gasteiger partial charge in [-0.05, 0) is 26.9 Å². The van der Waals surface area contributed by atoms with Crippen LogP contribution >= 0.6 is 0 Å². The van der Waals surface area contributed by atoms with Crippen molar-refractivity contribution in [2.45, 2.75) is 18.9 Å². The minimum Gasteiger partial charge on any atom is -0.377 e. The summed E-state index contributed by atoms with van der Waals surface area (Å²) in [4.78, 5) is 2.18. The van der Waals surface area contributed by atoms with Crippen LogP contribution in [0, 0.1) is 0 Å². The first-order valence-electron chi connectivity index (χ1n) is 3.55. The highest BCUT2D eigenvalue weighted by molar-refractivity contribution is 4.66. The summed E-state index contributed by atoms with van der Waals surface area (Å²) >= 11 is 0. The molecule has 1 aliphatic heterocycles. The average molecular weight is 129 g/mol. The summed E-state index contributed by atoms with van der Waals surface area (Å²) in [6, 6.07) is 0. The van der Waals surface area contributed by atoms with Gasteiger partial charge in [-0.3, -0.25) is 0 Å². The molecule has 0 radical (unpaired) electrons. The van der Waals surface area contributed by atoms with Crippen LogP contribution in [-0.4, -0.2) is 38.3 Å². The van der Waals surface area contributed by atoms with Crippen LogP contribution in [0.25, 0.3) is 0 Å². The fourth-order valence-corrected chi connectivity index (χ4v) is 1.20. The summed E-state index contributed by atoms with van der Waals surface area (Å²) in [6.45, 7) is 2.05. The maximum Gasteiger partial charge on any atom is 0.0702 e. The predicted molar refractivity (Wildman–Crippen MR) is 37.5 cm³/mol. The molecule has 0 saturated carbocycles. The van der Waals surface area contributed by atoms with Crippen molar-refractivity contribution in [2.75, 3.05) is 27.2 Å². The summed E-state index contributed by atoms with van der Waals surface area (Å²) in [5.74, 6) is 0. The van der Waals surface area contributed by atoms with Gasteiger partial charge in [0.05, 0.1) is 6.10 Å². The van der Waals surface area contributed by atoms with Gasteiger partial charge in [-0.2, -0.15) is 0 Å². The fourth-order valence-electron chi connectivity index (χ4n) is 1.20. The van der Waals surface area contributed by atoms with E-state index in [4.69, 9.17) is 4.74 Å². The molecule has 1 rings (SSSR count). The van der Waals surface area contributed by atoms with Gasteiger partial charge in [0, 0.05) is 13.2 Å². The summed E-state index contributed by atoms with van der Waals surface area (Å²) in [5, 5.41) is 0. The maximum absolute atomic E-state index is 5.42. The molecule has 0 N–H and O–H groups in total. The van der Waals surface area contributed by atoms with Gasteiger partial charge >= 0.3 is 0 Å². The van der Waals surface area contributed by atoms with E-state index in [9.17, 15) is 0 Å². The molecule has 0 aromatic carbocycles. The van der Waals surface area contributed by atoms with E-state index < -0.39 is 0 Å². The zero-order chi connectivity index (χ0) is 6.69. The van der Waals surface area contributed by atoms with Crippen LogP contribution in [0.1, 0.15) is 12.8 Å². The van der Waals surface area contributed by atoms with Gasteiger partial charge in [-0.1, -0.05) is 0 Å². The molecular weight excluding hydrogens is 114 g/mol. The quantitative estimate of drug-likeness (QED) is 0.545. The Labute approximate surface area is 56.8 Å². The highest BCUT2D eigenvalue weighted by atomic mass is 16.5. The number of rotatable bonds is 2. The first kappa shape index (κ1) is 7.03. The molecule has 0 spiro atoms. The second-order valence-electron chi connectivity index (χ2n) is 2.90. The van der Waals surface area contributed by atoms with Crippen LogP contribution in [0.2, 0.25) is 0 Å². The van der Waals surface area contributed by atoms with E-state index in [2.05, 4.69) is 19.0 Å². The normalized spacial score (nSPS) is 27.7. The minimum absolute atomic E-state index is 0.514. The molecule has 1 fully saturated rings. The van der Waals surface area contributed by atoms with Crippen molar-refractivity contribution < 1.29 is 4.74 Å². The molecule has 2 heteroatoms. The number of ether oxygens (including phenoxy) is 1. The summed E-state index contributed by atoms with van der Waals surface area (Å²) < 4.78 is 5.42. The standard InChI is InChI=1S/C7H15NO/c1-8(2)6-7-4-3-5-9-7/h7H,3-6H2,1-2H3/t7-/m1/s1. The van der Waals surface area contributed by atoms with Crippen molar-refractivity contribution in [3.05, 3.63) is 0 Å². The Bertz CT molecular complexity index is 77.0. The van der Waals surface area contributed by atoms with Crippen molar-refractivity contribution in [2.24, 2.45) is 0 Å². The second-order valence-corrected chi connectivity index (χ2v) is 2.90. The van der Waals surface area contributed by atoms with Gasteiger partial charge in [0.1, 0.15) is 0 Å². The van der Waals surface area contributed by atoms with Crippen LogP contribution in [0.3, 0.4) is 0 Å². The predicted octanol–water partition coefficient (Wildman–Crippen LogP) is 0.727. The molecule has 2 nitrogen and oxygen atoms in total. The third-order valence-electron chi connectivity index (χ3n) is 1.59. The summed E-state index contributed by atoms with van der Waals surface area (Å²) in [5.41, 5.74) is 0. The highest BCUT2D eigenvalue weighted by Gasteiger charge is 2.15. The maximum atomic E-state index is 5.42. The number of nitrogens with zero attached hydrogens (tertiary/aromatic N) is 1. The minimum atomic E-state index is 0.514. The highest BCUT2D eigenvalue weighted by Crippen LogP contribution is 2.11. The van der Waals surface area contributed by atoms with Crippen molar-refractivity contribution >= 4 is 0 Å². The van der Waals surface area contributed by atoms with E-state index in [0.29, 0.717) is 6.10 Å². The zero-order valence-corrected chi connectivity index (χ0v) is 6.26. The Kier molecular flexibility index (Phi) is 2.49. The molecule has 0 amide bonds. The molecule has 0 unspecified atom stereocenters. The van der Waals surface area contributed by atoms with E-state index >= 15 is 0 Å². The van der Waals surface area contributed by atoms with E-state index in [1.807, 2.05) is 0 Å². The summed E-state index contributed by atoms with van der Waals surface area (Å²) in [7, 11) is 4.17. The van der Waals surface area contributed by atoms with Crippen molar-refractivity contribution in [1.29, 1.82) is 0 Å². The molecule has 0 aromatic heterocycles. The Morgan fingerprint density at radius 3 is 2.78 bits per heavy atom. The molecule has 1 heterocycles. The Morgan fingerprint density at radius 1 is 1.56 bits per heavy atom. The van der Waals surface area contributed by atoms with Crippen LogP contribution in [0.5, 0.6) is 0 Å². The smallest absolute Gasteiger partial charge is 0.0702 e. The molecule has 1 saturated heterocycles. The van der Waals surface area contributed by atoms with Crippen molar-refractivity contribution in [1.82, 2.24) is 4.90 Å². The average Bonchev–Trinajstić information content (AvgIpc) is 2.15. The van der Waals surface area contributed by atoms with Gasteiger partial charge in [-0.15, -0.1) is 0 Å². The topological polar surface area (TPSA) is 12.5 Å². The van der Waals surface area contributed by atoms with Crippen LogP contribution in [0.15, 0.2) is 0 Å². The van der Waals surface area contributed by atoms with E-state index in [0.717, 1.165) is 13.2 Å². The first-order chi connectivity index (χ1) is 4.29. The molecule has 0 aliphatic carbocycles. The van der Waals surface area contributed by atoms with Crippen LogP contribution in [0.4, 0.5) is 0 Å². The lowest BCUT2D eigenvalue weighted by Crippen LogP contribution is -2.24. The van der Waals surface area contributed by atoms with Crippen LogP contribution < -0.4 is 0 Å². The molecular formula is C7H15NO. The first-order valence-corrected chi connectivity index (χ1v) is 3.55. The molecule has 1 atom stereocenters. The number of likely N-dealkylation sites (N-methyl/N-ethyl adjacent to an activating group) is 1. The number of hydrogen-bond donors (Lipinski definition) is 0. The largest absolute Gasteiger partial charge is 0.377 e. The van der Waals surface area contributed by atoms with E-state index in [1.54, 1.807) is 0 Å².